The lowest BCUT2D eigenvalue weighted by Crippen LogP contribution is -2.46. The van der Waals surface area contributed by atoms with Gasteiger partial charge in [-0.1, -0.05) is 18.2 Å². The highest BCUT2D eigenvalue weighted by atomic mass is 16.5. The van der Waals surface area contributed by atoms with Crippen LogP contribution < -0.4 is 15.6 Å². The summed E-state index contributed by atoms with van der Waals surface area (Å²) < 4.78 is 8.98. The van der Waals surface area contributed by atoms with Gasteiger partial charge in [-0.2, -0.15) is 5.10 Å². The number of aryl methyl sites for hydroxylation is 1. The van der Waals surface area contributed by atoms with Crippen LogP contribution in [0.2, 0.25) is 0 Å². The van der Waals surface area contributed by atoms with E-state index in [1.54, 1.807) is 12.4 Å². The Labute approximate surface area is 179 Å². The number of hydrogen-bond donors (Lipinski definition) is 1. The van der Waals surface area contributed by atoms with E-state index in [1.165, 1.54) is 21.8 Å². The molecule has 0 saturated heterocycles. The van der Waals surface area contributed by atoms with Gasteiger partial charge in [0.25, 0.3) is 11.5 Å². The molecule has 1 unspecified atom stereocenters. The number of hydrogen-bond acceptors (Lipinski definition) is 6. The van der Waals surface area contributed by atoms with Crippen molar-refractivity contribution in [3.05, 3.63) is 65.0 Å². The van der Waals surface area contributed by atoms with Gasteiger partial charge in [-0.15, -0.1) is 5.10 Å². The molecule has 9 heteroatoms. The second-order valence-electron chi connectivity index (χ2n) is 8.08. The molecule has 1 aliphatic heterocycles. The number of para-hydroxylation sites is 1. The summed E-state index contributed by atoms with van der Waals surface area (Å²) in [5, 5.41) is 11.7. The molecule has 1 N–H and O–H groups in total. The molecule has 0 spiro atoms. The van der Waals surface area contributed by atoms with E-state index < -0.39 is 6.10 Å². The lowest BCUT2D eigenvalue weighted by atomic mass is 9.91. The monoisotopic (exact) mass is 420 g/mol. The fourth-order valence-electron chi connectivity index (χ4n) is 4.39. The fraction of sp³-hybridized carbons (Fsp3) is 0.409. The molecule has 9 nitrogen and oxygen atoms in total. The topological polar surface area (TPSA) is 104 Å². The molecule has 0 radical (unpaired) electrons. The van der Waals surface area contributed by atoms with E-state index >= 15 is 0 Å². The average molecular weight is 420 g/mol. The van der Waals surface area contributed by atoms with Crippen LogP contribution in [-0.2, 0) is 11.2 Å². The summed E-state index contributed by atoms with van der Waals surface area (Å²) >= 11 is 0. The molecule has 1 aromatic carbocycles. The van der Waals surface area contributed by atoms with E-state index in [0.717, 1.165) is 43.4 Å². The maximum atomic E-state index is 12.7. The first kappa shape index (κ1) is 19.5. The van der Waals surface area contributed by atoms with Crippen molar-refractivity contribution in [2.45, 2.75) is 56.7 Å². The Morgan fingerprint density at radius 2 is 1.90 bits per heavy atom. The molecule has 1 aliphatic carbocycles. The lowest BCUT2D eigenvalue weighted by molar-refractivity contribution is -0.129. The molecule has 3 heterocycles. The summed E-state index contributed by atoms with van der Waals surface area (Å²) in [6, 6.07) is 11.1. The van der Waals surface area contributed by atoms with E-state index in [9.17, 15) is 9.59 Å². The molecule has 0 bridgehead atoms. The van der Waals surface area contributed by atoms with Gasteiger partial charge in [-0.3, -0.25) is 9.59 Å². The Bertz CT molecular complexity index is 1120. The van der Waals surface area contributed by atoms with Crippen molar-refractivity contribution in [2.75, 3.05) is 0 Å². The molecular formula is C22H24N6O3. The smallest absolute Gasteiger partial charge is 0.267 e. The number of rotatable bonds is 4. The summed E-state index contributed by atoms with van der Waals surface area (Å²) in [6.07, 6.45) is 7.19. The molecule has 5 rings (SSSR count). The maximum absolute atomic E-state index is 12.7. The van der Waals surface area contributed by atoms with Crippen molar-refractivity contribution in [1.29, 1.82) is 0 Å². The quantitative estimate of drug-likeness (QED) is 0.691. The van der Waals surface area contributed by atoms with E-state index in [-0.39, 0.29) is 23.6 Å². The van der Waals surface area contributed by atoms with Gasteiger partial charge in [0.05, 0.1) is 6.04 Å². The van der Waals surface area contributed by atoms with Gasteiger partial charge in [0.15, 0.2) is 11.9 Å². The standard InChI is InChI=1S/C22H24N6O3/c29-21-12-11-20(27-14-23-13-24-27)26-28(21)17-8-6-16(7-9-17)25-22(30)19-10-5-15-3-1-2-4-18(15)31-19/h1-4,11-14,16-17,19H,5-10H2,(H,25,30). The number of nitrogens with zero attached hydrogens (tertiary/aromatic N) is 5. The summed E-state index contributed by atoms with van der Waals surface area (Å²) in [7, 11) is 0. The van der Waals surface area contributed by atoms with E-state index in [1.807, 2.05) is 24.3 Å². The third kappa shape index (κ3) is 4.08. The van der Waals surface area contributed by atoms with E-state index in [0.29, 0.717) is 12.2 Å². The Hall–Kier alpha value is -3.49. The summed E-state index contributed by atoms with van der Waals surface area (Å²) in [5.41, 5.74) is 1.02. The number of benzene rings is 1. The zero-order chi connectivity index (χ0) is 21.2. The van der Waals surface area contributed by atoms with Crippen LogP contribution in [0.15, 0.2) is 53.8 Å². The van der Waals surface area contributed by atoms with Crippen molar-refractivity contribution in [1.82, 2.24) is 29.9 Å². The summed E-state index contributed by atoms with van der Waals surface area (Å²) in [5.74, 6) is 1.30. The molecule has 1 atom stereocenters. The minimum atomic E-state index is -0.448. The van der Waals surface area contributed by atoms with E-state index in [2.05, 4.69) is 20.5 Å². The molecule has 160 valence electrons. The second kappa shape index (κ2) is 8.33. The highest BCUT2D eigenvalue weighted by molar-refractivity contribution is 5.81. The van der Waals surface area contributed by atoms with Crippen LogP contribution in [0.3, 0.4) is 0 Å². The van der Waals surface area contributed by atoms with Gasteiger partial charge in [0, 0.05) is 12.1 Å². The molecule has 1 saturated carbocycles. The zero-order valence-corrected chi connectivity index (χ0v) is 17.1. The predicted molar refractivity (Wildman–Crippen MR) is 112 cm³/mol. The van der Waals surface area contributed by atoms with Crippen molar-refractivity contribution < 1.29 is 9.53 Å². The lowest BCUT2D eigenvalue weighted by Gasteiger charge is -2.31. The maximum Gasteiger partial charge on any atom is 0.267 e. The number of carbonyl (C=O) groups excluding carboxylic acids is 1. The summed E-state index contributed by atoms with van der Waals surface area (Å²) in [4.78, 5) is 29.0. The molecule has 2 aromatic heterocycles. The third-order valence-electron chi connectivity index (χ3n) is 6.06. The minimum Gasteiger partial charge on any atom is -0.480 e. The minimum absolute atomic E-state index is 0.00179. The zero-order valence-electron chi connectivity index (χ0n) is 17.1. The van der Waals surface area contributed by atoms with Crippen LogP contribution >= 0.6 is 0 Å². The number of aromatic nitrogens is 5. The van der Waals surface area contributed by atoms with E-state index in [4.69, 9.17) is 4.74 Å². The van der Waals surface area contributed by atoms with Crippen LogP contribution in [-0.4, -0.2) is 42.6 Å². The molecule has 2 aliphatic rings. The highest BCUT2D eigenvalue weighted by Gasteiger charge is 2.30. The van der Waals surface area contributed by atoms with Crippen LogP contribution in [0.4, 0.5) is 0 Å². The molecular weight excluding hydrogens is 396 g/mol. The van der Waals surface area contributed by atoms with Crippen molar-refractivity contribution in [2.24, 2.45) is 0 Å². The SMILES string of the molecule is O=C(NC1CCC(n2nc(-n3cncn3)ccc2=O)CC1)C1CCc2ccccc2O1. The van der Waals surface area contributed by atoms with Crippen LogP contribution in [0.25, 0.3) is 5.82 Å². The van der Waals surface area contributed by atoms with Gasteiger partial charge < -0.3 is 10.1 Å². The molecule has 1 fully saturated rings. The first-order valence-electron chi connectivity index (χ1n) is 10.7. The Balaban J connectivity index is 1.19. The van der Waals surface area contributed by atoms with Crippen molar-refractivity contribution in [3.8, 4) is 11.6 Å². The second-order valence-corrected chi connectivity index (χ2v) is 8.08. The number of amides is 1. The van der Waals surface area contributed by atoms with Crippen molar-refractivity contribution >= 4 is 5.91 Å². The summed E-state index contributed by atoms with van der Waals surface area (Å²) in [6.45, 7) is 0. The third-order valence-corrected chi connectivity index (χ3v) is 6.06. The van der Waals surface area contributed by atoms with Crippen LogP contribution in [0.1, 0.15) is 43.7 Å². The normalized spacial score (nSPS) is 22.9. The molecule has 1 amide bonds. The highest BCUT2D eigenvalue weighted by Crippen LogP contribution is 2.29. The number of nitrogens with one attached hydrogen (secondary N) is 1. The number of carbonyl (C=O) groups is 1. The predicted octanol–water partition coefficient (Wildman–Crippen LogP) is 1.82. The van der Waals surface area contributed by atoms with Gasteiger partial charge >= 0.3 is 0 Å². The average Bonchev–Trinajstić information content (AvgIpc) is 3.35. The Morgan fingerprint density at radius 3 is 2.71 bits per heavy atom. The van der Waals surface area contributed by atoms with Gasteiger partial charge in [0.2, 0.25) is 0 Å². The Kier molecular flexibility index (Phi) is 5.23. The Morgan fingerprint density at radius 1 is 1.06 bits per heavy atom. The van der Waals surface area contributed by atoms with Crippen LogP contribution in [0.5, 0.6) is 5.75 Å². The molecule has 31 heavy (non-hydrogen) atoms. The van der Waals surface area contributed by atoms with Gasteiger partial charge in [-0.25, -0.2) is 14.3 Å². The van der Waals surface area contributed by atoms with Crippen molar-refractivity contribution in [3.63, 3.8) is 0 Å². The first-order valence-corrected chi connectivity index (χ1v) is 10.7. The van der Waals surface area contributed by atoms with Crippen LogP contribution in [0, 0.1) is 0 Å². The largest absolute Gasteiger partial charge is 0.480 e. The number of fused-ring (bicyclic) bond motifs is 1. The number of ether oxygens (including phenoxy) is 1. The van der Waals surface area contributed by atoms with Gasteiger partial charge in [-0.05, 0) is 56.2 Å². The van der Waals surface area contributed by atoms with Gasteiger partial charge in [0.1, 0.15) is 18.4 Å². The fourth-order valence-corrected chi connectivity index (χ4v) is 4.39. The molecule has 3 aromatic rings. The first-order chi connectivity index (χ1) is 15.2.